The maximum absolute atomic E-state index is 11.5. The fourth-order valence-electron chi connectivity index (χ4n) is 1.01. The van der Waals surface area contributed by atoms with Crippen LogP contribution in [-0.4, -0.2) is 35.9 Å². The Labute approximate surface area is 85.2 Å². The average molecular weight is 200 g/mol. The Morgan fingerprint density at radius 2 is 2.14 bits per heavy atom. The Hall–Kier alpha value is -1.26. The Kier molecular flexibility index (Phi) is 5.67. The SMILES string of the molecule is CCCNC(=O)N(CC(=N)N)C(C)C. The molecule has 0 bridgehead atoms. The molecule has 0 aliphatic heterocycles. The quantitative estimate of drug-likeness (QED) is 0.452. The molecule has 0 radical (unpaired) electrons. The van der Waals surface area contributed by atoms with Crippen LogP contribution in [0.25, 0.3) is 0 Å². The minimum Gasteiger partial charge on any atom is -0.386 e. The fraction of sp³-hybridized carbons (Fsp3) is 0.778. The van der Waals surface area contributed by atoms with E-state index in [0.29, 0.717) is 6.54 Å². The van der Waals surface area contributed by atoms with Gasteiger partial charge in [-0.05, 0) is 20.3 Å². The van der Waals surface area contributed by atoms with Crippen molar-refractivity contribution in [1.82, 2.24) is 10.2 Å². The molecule has 0 rings (SSSR count). The molecule has 2 amide bonds. The van der Waals surface area contributed by atoms with Gasteiger partial charge in [0.15, 0.2) is 0 Å². The van der Waals surface area contributed by atoms with E-state index >= 15 is 0 Å². The fourth-order valence-corrected chi connectivity index (χ4v) is 1.01. The lowest BCUT2D eigenvalue weighted by molar-refractivity contribution is 0.192. The summed E-state index contributed by atoms with van der Waals surface area (Å²) in [5.41, 5.74) is 5.26. The number of rotatable bonds is 5. The first-order valence-corrected chi connectivity index (χ1v) is 4.86. The van der Waals surface area contributed by atoms with E-state index in [9.17, 15) is 4.79 Å². The molecule has 0 spiro atoms. The Morgan fingerprint density at radius 3 is 2.50 bits per heavy atom. The third kappa shape index (κ3) is 4.69. The van der Waals surface area contributed by atoms with E-state index in [-0.39, 0.29) is 24.5 Å². The Bertz CT molecular complexity index is 203. The summed E-state index contributed by atoms with van der Waals surface area (Å²) in [6.45, 7) is 6.63. The van der Waals surface area contributed by atoms with Crippen molar-refractivity contribution in [3.05, 3.63) is 0 Å². The summed E-state index contributed by atoms with van der Waals surface area (Å²) in [6.07, 6.45) is 0.901. The van der Waals surface area contributed by atoms with Crippen molar-refractivity contribution in [2.75, 3.05) is 13.1 Å². The van der Waals surface area contributed by atoms with Gasteiger partial charge in [-0.25, -0.2) is 4.79 Å². The summed E-state index contributed by atoms with van der Waals surface area (Å²) < 4.78 is 0. The highest BCUT2D eigenvalue weighted by Crippen LogP contribution is 1.97. The standard InChI is InChI=1S/C9H20N4O/c1-4-5-12-9(14)13(7(2)3)6-8(10)11/h7H,4-6H2,1-3H3,(H3,10,11)(H,12,14). The zero-order valence-electron chi connectivity index (χ0n) is 9.13. The van der Waals surface area contributed by atoms with Crippen molar-refractivity contribution in [3.8, 4) is 0 Å². The van der Waals surface area contributed by atoms with E-state index < -0.39 is 0 Å². The molecule has 0 aromatic heterocycles. The molecular weight excluding hydrogens is 180 g/mol. The zero-order chi connectivity index (χ0) is 11.1. The number of amidine groups is 1. The van der Waals surface area contributed by atoms with Crippen LogP contribution in [-0.2, 0) is 0 Å². The van der Waals surface area contributed by atoms with E-state index in [4.69, 9.17) is 11.1 Å². The Morgan fingerprint density at radius 1 is 1.57 bits per heavy atom. The number of amides is 2. The lowest BCUT2D eigenvalue weighted by Gasteiger charge is -2.26. The van der Waals surface area contributed by atoms with Crippen LogP contribution in [0.2, 0.25) is 0 Å². The first-order valence-electron chi connectivity index (χ1n) is 4.86. The topological polar surface area (TPSA) is 82.2 Å². The number of hydrogen-bond donors (Lipinski definition) is 3. The molecule has 0 heterocycles. The molecule has 14 heavy (non-hydrogen) atoms. The lowest BCUT2D eigenvalue weighted by atomic mass is 10.3. The van der Waals surface area contributed by atoms with Gasteiger partial charge in [0.2, 0.25) is 0 Å². The van der Waals surface area contributed by atoms with E-state index in [1.807, 2.05) is 20.8 Å². The summed E-state index contributed by atoms with van der Waals surface area (Å²) in [5, 5.41) is 9.90. The van der Waals surface area contributed by atoms with Crippen LogP contribution in [0.15, 0.2) is 0 Å². The average Bonchev–Trinajstić information content (AvgIpc) is 2.09. The van der Waals surface area contributed by atoms with Crippen LogP contribution in [0.5, 0.6) is 0 Å². The third-order valence-corrected chi connectivity index (χ3v) is 1.75. The molecule has 0 fully saturated rings. The number of nitrogens with zero attached hydrogens (tertiary/aromatic N) is 1. The van der Waals surface area contributed by atoms with Crippen LogP contribution in [0, 0.1) is 5.41 Å². The molecule has 5 nitrogen and oxygen atoms in total. The van der Waals surface area contributed by atoms with Gasteiger partial charge in [-0.3, -0.25) is 5.41 Å². The van der Waals surface area contributed by atoms with Crippen LogP contribution >= 0.6 is 0 Å². The maximum Gasteiger partial charge on any atom is 0.318 e. The van der Waals surface area contributed by atoms with Gasteiger partial charge < -0.3 is 16.0 Å². The van der Waals surface area contributed by atoms with Gasteiger partial charge >= 0.3 is 6.03 Å². The van der Waals surface area contributed by atoms with Gasteiger partial charge in [-0.1, -0.05) is 6.92 Å². The molecule has 0 aromatic carbocycles. The number of hydrogen-bond acceptors (Lipinski definition) is 2. The molecule has 0 aromatic rings. The second-order valence-electron chi connectivity index (χ2n) is 3.48. The molecule has 0 aliphatic rings. The lowest BCUT2D eigenvalue weighted by Crippen LogP contribution is -2.47. The summed E-state index contributed by atoms with van der Waals surface area (Å²) in [7, 11) is 0. The molecule has 0 unspecified atom stereocenters. The number of urea groups is 1. The van der Waals surface area contributed by atoms with Crippen LogP contribution in [0.1, 0.15) is 27.2 Å². The second-order valence-corrected chi connectivity index (χ2v) is 3.48. The summed E-state index contributed by atoms with van der Waals surface area (Å²) in [5.74, 6) is 0.00495. The molecule has 0 aliphatic carbocycles. The van der Waals surface area contributed by atoms with Crippen LogP contribution in [0.4, 0.5) is 4.79 Å². The highest BCUT2D eigenvalue weighted by atomic mass is 16.2. The van der Waals surface area contributed by atoms with E-state index in [0.717, 1.165) is 6.42 Å². The third-order valence-electron chi connectivity index (χ3n) is 1.75. The minimum absolute atomic E-state index is 0.00495. The maximum atomic E-state index is 11.5. The second kappa shape index (κ2) is 6.23. The molecule has 82 valence electrons. The summed E-state index contributed by atoms with van der Waals surface area (Å²) in [4.78, 5) is 13.1. The monoisotopic (exact) mass is 200 g/mol. The number of carbonyl (C=O) groups is 1. The van der Waals surface area contributed by atoms with E-state index in [1.165, 1.54) is 4.90 Å². The van der Waals surface area contributed by atoms with Crippen molar-refractivity contribution in [2.24, 2.45) is 5.73 Å². The highest BCUT2D eigenvalue weighted by molar-refractivity contribution is 5.84. The first-order chi connectivity index (χ1) is 6.49. The smallest absolute Gasteiger partial charge is 0.318 e. The predicted octanol–water partition coefficient (Wildman–Crippen LogP) is 0.752. The van der Waals surface area contributed by atoms with E-state index in [2.05, 4.69) is 5.32 Å². The molecule has 0 saturated heterocycles. The van der Waals surface area contributed by atoms with Gasteiger partial charge in [-0.2, -0.15) is 0 Å². The van der Waals surface area contributed by atoms with Crippen molar-refractivity contribution in [1.29, 1.82) is 5.41 Å². The van der Waals surface area contributed by atoms with Gasteiger partial charge in [0.1, 0.15) is 5.84 Å². The van der Waals surface area contributed by atoms with E-state index in [1.54, 1.807) is 0 Å². The van der Waals surface area contributed by atoms with Crippen molar-refractivity contribution >= 4 is 11.9 Å². The van der Waals surface area contributed by atoms with Gasteiger partial charge in [0.05, 0.1) is 6.54 Å². The Balaban J connectivity index is 4.19. The van der Waals surface area contributed by atoms with Crippen LogP contribution in [0.3, 0.4) is 0 Å². The minimum atomic E-state index is -0.156. The molecule has 0 atom stereocenters. The van der Waals surface area contributed by atoms with Crippen LogP contribution < -0.4 is 11.1 Å². The normalized spacial score (nSPS) is 10.0. The molecular formula is C9H20N4O. The van der Waals surface area contributed by atoms with Gasteiger partial charge in [0.25, 0.3) is 0 Å². The highest BCUT2D eigenvalue weighted by Gasteiger charge is 2.16. The summed E-state index contributed by atoms with van der Waals surface area (Å²) in [6, 6.07) is -0.104. The van der Waals surface area contributed by atoms with Gasteiger partial charge in [-0.15, -0.1) is 0 Å². The van der Waals surface area contributed by atoms with Gasteiger partial charge in [0, 0.05) is 12.6 Å². The first kappa shape index (κ1) is 12.7. The van der Waals surface area contributed by atoms with Crippen molar-refractivity contribution in [2.45, 2.75) is 33.2 Å². The number of nitrogens with two attached hydrogens (primary N) is 1. The number of nitrogens with one attached hydrogen (secondary N) is 2. The molecule has 4 N–H and O–H groups in total. The predicted molar refractivity (Wildman–Crippen MR) is 57.4 cm³/mol. The molecule has 0 saturated carbocycles. The number of carbonyl (C=O) groups excluding carboxylic acids is 1. The molecule has 5 heteroatoms. The van der Waals surface area contributed by atoms with Crippen molar-refractivity contribution in [3.63, 3.8) is 0 Å². The zero-order valence-corrected chi connectivity index (χ0v) is 9.13. The van der Waals surface area contributed by atoms with Crippen molar-refractivity contribution < 1.29 is 4.79 Å². The largest absolute Gasteiger partial charge is 0.386 e. The summed E-state index contributed by atoms with van der Waals surface area (Å²) >= 11 is 0.